The molecule has 0 N–H and O–H groups in total. The summed E-state index contributed by atoms with van der Waals surface area (Å²) >= 11 is 0. The van der Waals surface area contributed by atoms with Crippen LogP contribution in [0.5, 0.6) is 0 Å². The first-order chi connectivity index (χ1) is 7.28. The lowest BCUT2D eigenvalue weighted by Crippen LogP contribution is -2.30. The van der Waals surface area contributed by atoms with Crippen LogP contribution >= 0.6 is 0 Å². The van der Waals surface area contributed by atoms with Crippen molar-refractivity contribution in [3.8, 4) is 0 Å². The van der Waals surface area contributed by atoms with E-state index in [-0.39, 0.29) is 0 Å². The Labute approximate surface area is 95.4 Å². The number of nitrogens with zero attached hydrogens (tertiary/aromatic N) is 2. The maximum absolute atomic E-state index is 5.62. The largest absolute Gasteiger partial charge is 0.379 e. The van der Waals surface area contributed by atoms with Crippen molar-refractivity contribution in [3.05, 3.63) is 0 Å². The van der Waals surface area contributed by atoms with Crippen LogP contribution in [0.25, 0.3) is 0 Å². The second-order valence-electron chi connectivity index (χ2n) is 3.67. The molecular weight excluding hydrogens is 188 g/mol. The zero-order valence-electron chi connectivity index (χ0n) is 11.0. The quantitative estimate of drug-likeness (QED) is 0.517. The number of likely N-dealkylation sites (N-methyl/N-ethyl adjacent to an activating group) is 2. The summed E-state index contributed by atoms with van der Waals surface area (Å²) in [5, 5.41) is 0. The predicted molar refractivity (Wildman–Crippen MR) is 66.4 cm³/mol. The van der Waals surface area contributed by atoms with E-state index >= 15 is 0 Å². The fourth-order valence-electron chi connectivity index (χ4n) is 1.57. The molecule has 0 saturated heterocycles. The van der Waals surface area contributed by atoms with Crippen LogP contribution in [0.3, 0.4) is 0 Å². The highest BCUT2D eigenvalue weighted by Gasteiger charge is 2.00. The van der Waals surface area contributed by atoms with Gasteiger partial charge in [-0.1, -0.05) is 27.7 Å². The molecule has 0 radical (unpaired) electrons. The van der Waals surface area contributed by atoms with E-state index in [0.717, 1.165) is 52.5 Å². The molecule has 0 heterocycles. The average Bonchev–Trinajstić information content (AvgIpc) is 2.29. The highest BCUT2D eigenvalue weighted by molar-refractivity contribution is 4.53. The fourth-order valence-corrected chi connectivity index (χ4v) is 1.57. The van der Waals surface area contributed by atoms with Crippen LogP contribution < -0.4 is 0 Å². The average molecular weight is 216 g/mol. The lowest BCUT2D eigenvalue weighted by Gasteiger charge is -2.20. The van der Waals surface area contributed by atoms with E-state index in [1.807, 2.05) is 0 Å². The molecule has 0 aliphatic heterocycles. The Hall–Kier alpha value is -0.120. The van der Waals surface area contributed by atoms with Crippen LogP contribution in [0, 0.1) is 0 Å². The molecule has 0 amide bonds. The van der Waals surface area contributed by atoms with E-state index in [0.29, 0.717) is 0 Å². The number of hydrogen-bond donors (Lipinski definition) is 0. The molecular formula is C12H28N2O. The summed E-state index contributed by atoms with van der Waals surface area (Å²) in [4.78, 5) is 4.77. The molecule has 0 atom stereocenters. The van der Waals surface area contributed by atoms with Crippen molar-refractivity contribution >= 4 is 0 Å². The van der Waals surface area contributed by atoms with Crippen LogP contribution in [0.1, 0.15) is 27.7 Å². The Bertz CT molecular complexity index is 109. The van der Waals surface area contributed by atoms with Gasteiger partial charge in [-0.2, -0.15) is 0 Å². The van der Waals surface area contributed by atoms with E-state index in [1.54, 1.807) is 0 Å². The first kappa shape index (κ1) is 14.9. The van der Waals surface area contributed by atoms with Crippen molar-refractivity contribution in [2.24, 2.45) is 0 Å². The minimum Gasteiger partial charge on any atom is -0.379 e. The third-order valence-corrected chi connectivity index (χ3v) is 2.89. The minimum absolute atomic E-state index is 0.864. The van der Waals surface area contributed by atoms with Gasteiger partial charge in [-0.15, -0.1) is 0 Å². The summed E-state index contributed by atoms with van der Waals surface area (Å²) < 4.78 is 5.62. The highest BCUT2D eigenvalue weighted by atomic mass is 16.5. The molecule has 0 aromatic carbocycles. The summed E-state index contributed by atoms with van der Waals surface area (Å²) in [6.45, 7) is 17.1. The smallest absolute Gasteiger partial charge is 0.0594 e. The van der Waals surface area contributed by atoms with Crippen molar-refractivity contribution < 1.29 is 4.74 Å². The molecule has 3 heteroatoms. The van der Waals surface area contributed by atoms with Crippen LogP contribution in [0.15, 0.2) is 0 Å². The summed E-state index contributed by atoms with van der Waals surface area (Å²) in [5.74, 6) is 0. The maximum Gasteiger partial charge on any atom is 0.0594 e. The highest BCUT2D eigenvalue weighted by Crippen LogP contribution is 1.89. The van der Waals surface area contributed by atoms with Crippen molar-refractivity contribution in [3.63, 3.8) is 0 Å². The van der Waals surface area contributed by atoms with Crippen molar-refractivity contribution in [2.75, 3.05) is 52.5 Å². The molecule has 0 fully saturated rings. The second kappa shape index (κ2) is 10.4. The van der Waals surface area contributed by atoms with Crippen LogP contribution in [0.4, 0.5) is 0 Å². The Balaban J connectivity index is 3.30. The Morgan fingerprint density at radius 3 is 1.27 bits per heavy atom. The normalized spacial score (nSPS) is 11.6. The van der Waals surface area contributed by atoms with Crippen molar-refractivity contribution in [2.45, 2.75) is 27.7 Å². The molecule has 3 nitrogen and oxygen atoms in total. The summed E-state index contributed by atoms with van der Waals surface area (Å²) in [7, 11) is 0. The van der Waals surface area contributed by atoms with Gasteiger partial charge in [0.05, 0.1) is 13.2 Å². The summed E-state index contributed by atoms with van der Waals surface area (Å²) in [5.41, 5.74) is 0. The molecule has 0 rings (SSSR count). The molecule has 0 saturated carbocycles. The van der Waals surface area contributed by atoms with Crippen LogP contribution in [-0.2, 0) is 4.74 Å². The fraction of sp³-hybridized carbons (Fsp3) is 1.00. The molecule has 92 valence electrons. The van der Waals surface area contributed by atoms with E-state index < -0.39 is 0 Å². The van der Waals surface area contributed by atoms with Gasteiger partial charge in [0, 0.05) is 13.1 Å². The Morgan fingerprint density at radius 2 is 1.00 bits per heavy atom. The summed E-state index contributed by atoms with van der Waals surface area (Å²) in [6.07, 6.45) is 0. The molecule has 15 heavy (non-hydrogen) atoms. The molecule has 0 bridgehead atoms. The minimum atomic E-state index is 0.864. The van der Waals surface area contributed by atoms with Gasteiger partial charge in [0.15, 0.2) is 0 Å². The van der Waals surface area contributed by atoms with Gasteiger partial charge in [0.2, 0.25) is 0 Å². The molecule has 0 unspecified atom stereocenters. The molecule has 0 spiro atoms. The third kappa shape index (κ3) is 7.77. The van der Waals surface area contributed by atoms with E-state index in [9.17, 15) is 0 Å². The molecule has 0 aromatic rings. The summed E-state index contributed by atoms with van der Waals surface area (Å²) in [6, 6.07) is 0. The van der Waals surface area contributed by atoms with Crippen molar-refractivity contribution in [1.82, 2.24) is 9.80 Å². The first-order valence-corrected chi connectivity index (χ1v) is 6.30. The van der Waals surface area contributed by atoms with Crippen LogP contribution in [0.2, 0.25) is 0 Å². The second-order valence-corrected chi connectivity index (χ2v) is 3.67. The molecule has 0 aliphatic rings. The van der Waals surface area contributed by atoms with E-state index in [1.165, 1.54) is 0 Å². The molecule has 0 aromatic heterocycles. The standard InChI is InChI=1S/C12H28N2O/c1-5-13(6-2)9-11-15-12-10-14(7-3)8-4/h5-12H2,1-4H3. The zero-order chi connectivity index (χ0) is 11.5. The number of ether oxygens (including phenoxy) is 1. The van der Waals surface area contributed by atoms with Gasteiger partial charge in [0.1, 0.15) is 0 Å². The maximum atomic E-state index is 5.62. The van der Waals surface area contributed by atoms with Gasteiger partial charge >= 0.3 is 0 Å². The topological polar surface area (TPSA) is 15.7 Å². The molecule has 0 aliphatic carbocycles. The van der Waals surface area contributed by atoms with Gasteiger partial charge in [-0.25, -0.2) is 0 Å². The van der Waals surface area contributed by atoms with Crippen molar-refractivity contribution in [1.29, 1.82) is 0 Å². The van der Waals surface area contributed by atoms with Gasteiger partial charge < -0.3 is 14.5 Å². The monoisotopic (exact) mass is 216 g/mol. The number of hydrogen-bond acceptors (Lipinski definition) is 3. The number of rotatable bonds is 10. The van der Waals surface area contributed by atoms with E-state index in [2.05, 4.69) is 37.5 Å². The first-order valence-electron chi connectivity index (χ1n) is 6.30. The Kier molecular flexibility index (Phi) is 10.3. The Morgan fingerprint density at radius 1 is 0.667 bits per heavy atom. The van der Waals surface area contributed by atoms with Gasteiger partial charge in [-0.05, 0) is 26.2 Å². The van der Waals surface area contributed by atoms with Gasteiger partial charge in [0.25, 0.3) is 0 Å². The van der Waals surface area contributed by atoms with E-state index in [4.69, 9.17) is 4.74 Å². The van der Waals surface area contributed by atoms with Crippen LogP contribution in [-0.4, -0.2) is 62.3 Å². The lowest BCUT2D eigenvalue weighted by molar-refractivity contribution is 0.0876. The predicted octanol–water partition coefficient (Wildman–Crippen LogP) is 1.69. The zero-order valence-corrected chi connectivity index (χ0v) is 11.0. The lowest BCUT2D eigenvalue weighted by atomic mass is 10.5. The van der Waals surface area contributed by atoms with Gasteiger partial charge in [-0.3, -0.25) is 0 Å². The third-order valence-electron chi connectivity index (χ3n) is 2.89. The SMILES string of the molecule is CCN(CC)CCOCCN(CC)CC.